The number of carbonyl (C=O) groups excluding carboxylic acids is 2. The maximum atomic E-state index is 14.0. The first-order chi connectivity index (χ1) is 18.8. The number of benzene rings is 1. The Kier molecular flexibility index (Phi) is 8.65. The highest BCUT2D eigenvalue weighted by Gasteiger charge is 2.29. The number of hydrogen-bond acceptors (Lipinski definition) is 8. The van der Waals surface area contributed by atoms with Crippen LogP contribution in [0, 0.1) is 24.6 Å². The van der Waals surface area contributed by atoms with Gasteiger partial charge < -0.3 is 22.1 Å². The van der Waals surface area contributed by atoms with Crippen molar-refractivity contribution in [3.63, 3.8) is 0 Å². The van der Waals surface area contributed by atoms with Gasteiger partial charge in [-0.3, -0.25) is 9.59 Å². The van der Waals surface area contributed by atoms with E-state index in [0.29, 0.717) is 40.8 Å². The lowest BCUT2D eigenvalue weighted by Gasteiger charge is -2.11. The lowest BCUT2D eigenvalue weighted by Crippen LogP contribution is -2.14. The molecule has 2 aliphatic carbocycles. The van der Waals surface area contributed by atoms with Gasteiger partial charge in [-0.1, -0.05) is 0 Å². The molecular formula is C29H32FN7O2. The van der Waals surface area contributed by atoms with Gasteiger partial charge in [0.2, 0.25) is 5.91 Å². The number of aryl methyl sites for hydroxylation is 1. The van der Waals surface area contributed by atoms with E-state index in [2.05, 4.69) is 25.6 Å². The van der Waals surface area contributed by atoms with Gasteiger partial charge in [-0.25, -0.2) is 19.3 Å². The Morgan fingerprint density at radius 2 is 1.79 bits per heavy atom. The number of hydrogen-bond donors (Lipinski definition) is 4. The van der Waals surface area contributed by atoms with Crippen molar-refractivity contribution < 1.29 is 14.0 Å². The molecule has 2 aliphatic rings. The van der Waals surface area contributed by atoms with Crippen molar-refractivity contribution in [3.8, 4) is 22.6 Å². The normalized spacial score (nSPS) is 15.2. The van der Waals surface area contributed by atoms with Crippen LogP contribution in [0.5, 0.6) is 0 Å². The highest BCUT2D eigenvalue weighted by Crippen LogP contribution is 2.34. The largest absolute Gasteiger partial charge is 0.404 e. The lowest BCUT2D eigenvalue weighted by molar-refractivity contribution is -0.117. The molecule has 5 rings (SSSR count). The molecule has 6 N–H and O–H groups in total. The summed E-state index contributed by atoms with van der Waals surface area (Å²) in [4.78, 5) is 35.5. The minimum Gasteiger partial charge on any atom is -0.404 e. The van der Waals surface area contributed by atoms with E-state index in [-0.39, 0.29) is 17.6 Å². The molecule has 2 fully saturated rings. The molecule has 0 saturated heterocycles. The van der Waals surface area contributed by atoms with E-state index in [1.807, 2.05) is 13.0 Å². The fourth-order valence-corrected chi connectivity index (χ4v) is 3.83. The van der Waals surface area contributed by atoms with Gasteiger partial charge in [0, 0.05) is 54.0 Å². The van der Waals surface area contributed by atoms with Crippen molar-refractivity contribution in [2.75, 3.05) is 17.7 Å². The minimum atomic E-state index is -0.315. The summed E-state index contributed by atoms with van der Waals surface area (Å²) in [6.45, 7) is 1.83. The Morgan fingerprint density at radius 1 is 1.08 bits per heavy atom. The number of aldehydes is 1. The molecule has 0 aliphatic heterocycles. The average molecular weight is 530 g/mol. The van der Waals surface area contributed by atoms with Crippen molar-refractivity contribution in [1.82, 2.24) is 15.0 Å². The maximum Gasteiger partial charge on any atom is 0.228 e. The van der Waals surface area contributed by atoms with Crippen LogP contribution >= 0.6 is 0 Å². The third kappa shape index (κ3) is 7.25. The zero-order valence-corrected chi connectivity index (χ0v) is 21.9. The minimum absolute atomic E-state index is 0.00885. The Balaban J connectivity index is 0.000000270. The van der Waals surface area contributed by atoms with Crippen LogP contribution in [0.4, 0.5) is 15.9 Å². The van der Waals surface area contributed by atoms with E-state index >= 15 is 0 Å². The molecule has 0 spiro atoms. The number of allylic oxidation sites excluding steroid dienone is 3. The number of anilines is 2. The van der Waals surface area contributed by atoms with Gasteiger partial charge in [0.1, 0.15) is 11.6 Å². The molecule has 0 bridgehead atoms. The fraction of sp³-hybridized carbons (Fsp3) is 0.276. The van der Waals surface area contributed by atoms with Crippen molar-refractivity contribution in [3.05, 3.63) is 77.7 Å². The molecule has 0 atom stereocenters. The Bertz CT molecular complexity index is 1430. The van der Waals surface area contributed by atoms with E-state index in [4.69, 9.17) is 11.5 Å². The summed E-state index contributed by atoms with van der Waals surface area (Å²) in [5.41, 5.74) is 15.4. The second-order valence-electron chi connectivity index (χ2n) is 9.56. The number of nitrogens with one attached hydrogen (secondary N) is 2. The SMILES string of the molecule is CNc1cc(-c2nccc(-c3ccnc(NC(=O)C4CC4)c3)n2)c(C)cc1F.N/C=C(C=O)\C=C(/N)C1CC1. The Labute approximate surface area is 226 Å². The van der Waals surface area contributed by atoms with Crippen LogP contribution in [0.2, 0.25) is 0 Å². The number of nitrogens with two attached hydrogens (primary N) is 2. The predicted molar refractivity (Wildman–Crippen MR) is 150 cm³/mol. The lowest BCUT2D eigenvalue weighted by atomic mass is 10.1. The number of nitrogens with zero attached hydrogens (tertiary/aromatic N) is 3. The summed E-state index contributed by atoms with van der Waals surface area (Å²) in [5, 5.41) is 5.69. The first kappa shape index (κ1) is 27.4. The smallest absolute Gasteiger partial charge is 0.228 e. The second-order valence-corrected chi connectivity index (χ2v) is 9.56. The van der Waals surface area contributed by atoms with Crippen LogP contribution in [0.15, 0.2) is 66.3 Å². The third-order valence-corrected chi connectivity index (χ3v) is 6.45. The standard InChI is InChI=1S/C21H20FN5O.C8H12N2O/c1-12-9-16(22)18(23-2)11-15(12)20-25-8-6-17(26-20)14-5-7-24-19(10-14)27-21(28)13-3-4-13;9-4-6(5-11)3-8(10)7-1-2-7/h5-11,13,23H,3-4H2,1-2H3,(H,24,27,28);3-5,7H,1-2,9-10H2/b;6-4+,8-3-. The average Bonchev–Trinajstić information content (AvgIpc) is 3.85. The third-order valence-electron chi connectivity index (χ3n) is 6.45. The van der Waals surface area contributed by atoms with Crippen LogP contribution in [0.3, 0.4) is 0 Å². The Hall–Kier alpha value is -4.60. The number of carbonyl (C=O) groups is 2. The fourth-order valence-electron chi connectivity index (χ4n) is 3.83. The summed E-state index contributed by atoms with van der Waals surface area (Å²) in [5.74, 6) is 1.31. The predicted octanol–water partition coefficient (Wildman–Crippen LogP) is 4.32. The zero-order chi connectivity index (χ0) is 27.9. The van der Waals surface area contributed by atoms with Crippen LogP contribution in [0.25, 0.3) is 22.6 Å². The number of pyridine rings is 1. The molecule has 0 unspecified atom stereocenters. The monoisotopic (exact) mass is 529 g/mol. The topological polar surface area (TPSA) is 149 Å². The summed E-state index contributed by atoms with van der Waals surface area (Å²) in [6.07, 6.45) is 11.1. The second kappa shape index (κ2) is 12.3. The summed E-state index contributed by atoms with van der Waals surface area (Å²) < 4.78 is 14.0. The van der Waals surface area contributed by atoms with E-state index in [1.54, 1.807) is 43.7 Å². The van der Waals surface area contributed by atoms with Crippen LogP contribution in [-0.4, -0.2) is 34.2 Å². The number of rotatable bonds is 8. The molecule has 0 radical (unpaired) electrons. The number of amides is 1. The summed E-state index contributed by atoms with van der Waals surface area (Å²) in [7, 11) is 1.67. The van der Waals surface area contributed by atoms with Crippen LogP contribution in [-0.2, 0) is 9.59 Å². The molecule has 3 aromatic rings. The molecule has 10 heteroatoms. The summed E-state index contributed by atoms with van der Waals surface area (Å²) in [6, 6.07) is 8.59. The van der Waals surface area contributed by atoms with Gasteiger partial charge in [-0.2, -0.15) is 0 Å². The molecule has 2 saturated carbocycles. The van der Waals surface area contributed by atoms with E-state index in [1.165, 1.54) is 12.3 Å². The van der Waals surface area contributed by atoms with Gasteiger partial charge in [-0.15, -0.1) is 0 Å². The van der Waals surface area contributed by atoms with E-state index in [0.717, 1.165) is 48.1 Å². The van der Waals surface area contributed by atoms with Gasteiger partial charge in [0.25, 0.3) is 0 Å². The highest BCUT2D eigenvalue weighted by molar-refractivity contribution is 5.93. The van der Waals surface area contributed by atoms with E-state index < -0.39 is 0 Å². The van der Waals surface area contributed by atoms with Gasteiger partial charge in [0.15, 0.2) is 12.1 Å². The zero-order valence-electron chi connectivity index (χ0n) is 21.9. The molecule has 39 heavy (non-hydrogen) atoms. The van der Waals surface area contributed by atoms with Crippen molar-refractivity contribution in [2.45, 2.75) is 32.6 Å². The highest BCUT2D eigenvalue weighted by atomic mass is 19.1. The first-order valence-electron chi connectivity index (χ1n) is 12.8. The first-order valence-corrected chi connectivity index (χ1v) is 12.8. The molecule has 2 aromatic heterocycles. The molecule has 9 nitrogen and oxygen atoms in total. The summed E-state index contributed by atoms with van der Waals surface area (Å²) >= 11 is 0. The van der Waals surface area contributed by atoms with Crippen molar-refractivity contribution in [2.24, 2.45) is 23.3 Å². The Morgan fingerprint density at radius 3 is 2.44 bits per heavy atom. The molecule has 1 amide bonds. The molecule has 1 aromatic carbocycles. The van der Waals surface area contributed by atoms with Crippen molar-refractivity contribution >= 4 is 23.7 Å². The number of halogens is 1. The molecule has 2 heterocycles. The quantitative estimate of drug-likeness (QED) is 0.191. The van der Waals surface area contributed by atoms with Gasteiger partial charge in [-0.05, 0) is 80.5 Å². The van der Waals surface area contributed by atoms with Gasteiger partial charge in [0.05, 0.1) is 11.4 Å². The van der Waals surface area contributed by atoms with Crippen LogP contribution < -0.4 is 22.1 Å². The molecular weight excluding hydrogens is 497 g/mol. The molecule has 202 valence electrons. The van der Waals surface area contributed by atoms with Crippen molar-refractivity contribution in [1.29, 1.82) is 0 Å². The van der Waals surface area contributed by atoms with Gasteiger partial charge >= 0.3 is 0 Å². The maximum absolute atomic E-state index is 14.0. The van der Waals surface area contributed by atoms with E-state index in [9.17, 15) is 14.0 Å². The van der Waals surface area contributed by atoms with Crippen LogP contribution in [0.1, 0.15) is 31.2 Å². The number of aromatic nitrogens is 3.